The lowest BCUT2D eigenvalue weighted by atomic mass is 10.2. The largest absolute Gasteiger partial charge is 0.350 e. The number of sulfone groups is 1. The highest BCUT2D eigenvalue weighted by molar-refractivity contribution is 7.91. The van der Waals surface area contributed by atoms with Crippen molar-refractivity contribution in [3.63, 3.8) is 0 Å². The molecule has 0 aliphatic carbocycles. The first-order valence-corrected chi connectivity index (χ1v) is 10.6. The monoisotopic (exact) mass is 405 g/mol. The van der Waals surface area contributed by atoms with Crippen LogP contribution >= 0.6 is 0 Å². The quantitative estimate of drug-likeness (QED) is 0.534. The Morgan fingerprint density at radius 3 is 2.48 bits per heavy atom. The predicted molar refractivity (Wildman–Crippen MR) is 110 cm³/mol. The van der Waals surface area contributed by atoms with Crippen molar-refractivity contribution < 1.29 is 13.2 Å². The van der Waals surface area contributed by atoms with Crippen molar-refractivity contribution >= 4 is 26.6 Å². The second-order valence-electron chi connectivity index (χ2n) is 6.59. The summed E-state index contributed by atoms with van der Waals surface area (Å²) >= 11 is 0. The molecule has 29 heavy (non-hydrogen) atoms. The maximum absolute atomic E-state index is 13.1. The fourth-order valence-corrected chi connectivity index (χ4v) is 4.70. The molecule has 7 heteroatoms. The molecular weight excluding hydrogens is 386 g/mol. The van der Waals surface area contributed by atoms with Crippen molar-refractivity contribution in [1.29, 1.82) is 0 Å². The van der Waals surface area contributed by atoms with E-state index in [2.05, 4.69) is 10.3 Å². The Kier molecular flexibility index (Phi) is 5.14. The average molecular weight is 405 g/mol. The molecule has 2 aromatic carbocycles. The summed E-state index contributed by atoms with van der Waals surface area (Å²) in [6.45, 7) is 0.381. The fraction of sp³-hybridized carbons (Fsp3) is 0.0909. The van der Waals surface area contributed by atoms with Crippen LogP contribution in [0.15, 0.2) is 95.1 Å². The third kappa shape index (κ3) is 3.90. The highest BCUT2D eigenvalue weighted by Crippen LogP contribution is 2.30. The zero-order valence-corrected chi connectivity index (χ0v) is 16.3. The summed E-state index contributed by atoms with van der Waals surface area (Å²) in [6, 6.07) is 19.2. The van der Waals surface area contributed by atoms with Gasteiger partial charge in [-0.1, -0.05) is 42.5 Å². The van der Waals surface area contributed by atoms with E-state index in [0.29, 0.717) is 17.4 Å². The molecule has 0 aliphatic heterocycles. The van der Waals surface area contributed by atoms with Gasteiger partial charge in [-0.3, -0.25) is 9.78 Å². The zero-order chi connectivity index (χ0) is 20.3. The number of benzene rings is 2. The molecular formula is C22H19N3O3S. The van der Waals surface area contributed by atoms with E-state index in [0.717, 1.165) is 5.56 Å². The van der Waals surface area contributed by atoms with Gasteiger partial charge in [-0.25, -0.2) is 8.42 Å². The number of fused-ring (bicyclic) bond motifs is 1. The number of rotatable bonds is 6. The van der Waals surface area contributed by atoms with Gasteiger partial charge in [0, 0.05) is 36.0 Å². The Labute approximate surface area is 168 Å². The first-order chi connectivity index (χ1) is 14.1. The smallest absolute Gasteiger partial charge is 0.240 e. The first-order valence-electron chi connectivity index (χ1n) is 9.09. The van der Waals surface area contributed by atoms with E-state index < -0.39 is 9.84 Å². The maximum atomic E-state index is 13.1. The lowest BCUT2D eigenvalue weighted by molar-refractivity contribution is -0.121. The number of amides is 1. The Hall–Kier alpha value is -3.45. The molecule has 0 atom stereocenters. The number of nitrogens with one attached hydrogen (secondary N) is 1. The number of hydrogen-bond acceptors (Lipinski definition) is 4. The van der Waals surface area contributed by atoms with Crippen LogP contribution in [0.2, 0.25) is 0 Å². The minimum absolute atomic E-state index is 0.0189. The van der Waals surface area contributed by atoms with Crippen LogP contribution in [0.5, 0.6) is 0 Å². The summed E-state index contributed by atoms with van der Waals surface area (Å²) < 4.78 is 27.9. The van der Waals surface area contributed by atoms with Gasteiger partial charge in [-0.05, 0) is 29.8 Å². The minimum atomic E-state index is -3.70. The van der Waals surface area contributed by atoms with Gasteiger partial charge in [0.25, 0.3) is 0 Å². The molecule has 146 valence electrons. The van der Waals surface area contributed by atoms with Crippen LogP contribution in [0, 0.1) is 0 Å². The van der Waals surface area contributed by atoms with Crippen molar-refractivity contribution in [1.82, 2.24) is 14.9 Å². The van der Waals surface area contributed by atoms with Gasteiger partial charge < -0.3 is 9.88 Å². The van der Waals surface area contributed by atoms with E-state index in [9.17, 15) is 13.2 Å². The summed E-state index contributed by atoms with van der Waals surface area (Å²) in [7, 11) is -3.70. The normalized spacial score (nSPS) is 11.4. The number of para-hydroxylation sites is 1. The van der Waals surface area contributed by atoms with Crippen LogP contribution in [-0.4, -0.2) is 23.9 Å². The third-order valence-corrected chi connectivity index (χ3v) is 6.42. The second kappa shape index (κ2) is 7.89. The Balaban J connectivity index is 1.64. The molecule has 0 fully saturated rings. The summed E-state index contributed by atoms with van der Waals surface area (Å²) in [5.41, 5.74) is 1.59. The molecule has 0 bridgehead atoms. The van der Waals surface area contributed by atoms with Crippen LogP contribution in [0.4, 0.5) is 0 Å². The van der Waals surface area contributed by atoms with Crippen LogP contribution in [0.1, 0.15) is 5.56 Å². The Bertz CT molecular complexity index is 1250. The number of carbonyl (C=O) groups is 1. The molecule has 0 unspecified atom stereocenters. The number of aromatic nitrogens is 2. The summed E-state index contributed by atoms with van der Waals surface area (Å²) in [4.78, 5) is 16.9. The van der Waals surface area contributed by atoms with E-state index in [-0.39, 0.29) is 22.2 Å². The van der Waals surface area contributed by atoms with Crippen molar-refractivity contribution in [2.45, 2.75) is 22.9 Å². The summed E-state index contributed by atoms with van der Waals surface area (Å²) in [5, 5.41) is 3.44. The van der Waals surface area contributed by atoms with Gasteiger partial charge >= 0.3 is 0 Å². The first kappa shape index (κ1) is 18.9. The topological polar surface area (TPSA) is 81.1 Å². The fourth-order valence-electron chi connectivity index (χ4n) is 3.20. The third-order valence-electron chi connectivity index (χ3n) is 4.62. The van der Waals surface area contributed by atoms with Crippen molar-refractivity contribution in [2.75, 3.05) is 0 Å². The predicted octanol–water partition coefficient (Wildman–Crippen LogP) is 3.19. The van der Waals surface area contributed by atoms with Gasteiger partial charge in [0.05, 0.1) is 9.79 Å². The molecule has 6 nitrogen and oxygen atoms in total. The van der Waals surface area contributed by atoms with Crippen LogP contribution < -0.4 is 5.32 Å². The zero-order valence-electron chi connectivity index (χ0n) is 15.5. The van der Waals surface area contributed by atoms with Gasteiger partial charge in [0.1, 0.15) is 6.54 Å². The molecule has 4 aromatic rings. The molecule has 1 amide bonds. The number of nitrogens with zero attached hydrogens (tertiary/aromatic N) is 2. The summed E-state index contributed by atoms with van der Waals surface area (Å²) in [5.74, 6) is -0.210. The number of hydrogen-bond donors (Lipinski definition) is 1. The molecule has 4 rings (SSSR count). The van der Waals surface area contributed by atoms with Gasteiger partial charge in [-0.2, -0.15) is 0 Å². The van der Waals surface area contributed by atoms with E-state index in [1.165, 1.54) is 6.20 Å². The Morgan fingerprint density at radius 2 is 1.72 bits per heavy atom. The van der Waals surface area contributed by atoms with Crippen LogP contribution in [-0.2, 0) is 27.7 Å². The molecule has 2 heterocycles. The molecule has 0 saturated heterocycles. The van der Waals surface area contributed by atoms with Crippen molar-refractivity contribution in [3.8, 4) is 0 Å². The lowest BCUT2D eigenvalue weighted by Crippen LogP contribution is -2.26. The average Bonchev–Trinajstić information content (AvgIpc) is 3.13. The highest BCUT2D eigenvalue weighted by Gasteiger charge is 2.23. The van der Waals surface area contributed by atoms with Gasteiger partial charge in [0.2, 0.25) is 15.7 Å². The van der Waals surface area contributed by atoms with E-state index in [1.54, 1.807) is 59.4 Å². The van der Waals surface area contributed by atoms with Crippen molar-refractivity contribution in [3.05, 3.63) is 90.9 Å². The van der Waals surface area contributed by atoms with E-state index in [1.807, 2.05) is 24.3 Å². The van der Waals surface area contributed by atoms with Crippen molar-refractivity contribution in [2.24, 2.45) is 0 Å². The minimum Gasteiger partial charge on any atom is -0.350 e. The molecule has 0 radical (unpaired) electrons. The number of pyridine rings is 1. The summed E-state index contributed by atoms with van der Waals surface area (Å²) in [6.07, 6.45) is 4.90. The van der Waals surface area contributed by atoms with Gasteiger partial charge in [-0.15, -0.1) is 0 Å². The number of carbonyl (C=O) groups excluding carboxylic acids is 1. The maximum Gasteiger partial charge on any atom is 0.240 e. The van der Waals surface area contributed by atoms with Crippen LogP contribution in [0.25, 0.3) is 10.9 Å². The standard InChI is InChI=1S/C22H19N3O3S/c26-22(24-14-17-7-6-12-23-13-17)16-25-15-21(19-10-4-5-11-20(19)25)29(27,28)18-8-2-1-3-9-18/h1-13,15H,14,16H2,(H,24,26). The van der Waals surface area contributed by atoms with E-state index in [4.69, 9.17) is 0 Å². The SMILES string of the molecule is O=C(Cn1cc(S(=O)(=O)c2ccccc2)c2ccccc21)NCc1cccnc1. The van der Waals surface area contributed by atoms with Gasteiger partial charge in [0.15, 0.2) is 0 Å². The second-order valence-corrected chi connectivity index (χ2v) is 8.51. The molecule has 0 spiro atoms. The highest BCUT2D eigenvalue weighted by atomic mass is 32.2. The Morgan fingerprint density at radius 1 is 0.966 bits per heavy atom. The molecule has 2 aromatic heterocycles. The molecule has 0 aliphatic rings. The van der Waals surface area contributed by atoms with E-state index >= 15 is 0 Å². The molecule has 1 N–H and O–H groups in total. The van der Waals surface area contributed by atoms with Crippen LogP contribution in [0.3, 0.4) is 0 Å². The lowest BCUT2D eigenvalue weighted by Gasteiger charge is -2.07. The molecule has 0 saturated carbocycles.